The van der Waals surface area contributed by atoms with Gasteiger partial charge in [0.1, 0.15) is 35.8 Å². The number of hydrogen-bond donors (Lipinski definition) is 0. The van der Waals surface area contributed by atoms with Crippen molar-refractivity contribution in [2.75, 3.05) is 49.5 Å². The molecule has 1 saturated heterocycles. The minimum atomic E-state index is -1.61. The predicted octanol–water partition coefficient (Wildman–Crippen LogP) is 7.73. The third kappa shape index (κ3) is 18.2. The zero-order valence-corrected chi connectivity index (χ0v) is 56.8. The zero-order valence-electron chi connectivity index (χ0n) is 55.2. The Hall–Kier alpha value is -7.86. The first-order valence-electron chi connectivity index (χ1n) is 31.3. The number of esters is 4. The van der Waals surface area contributed by atoms with Gasteiger partial charge < -0.3 is 38.5 Å². The Bertz CT molecular complexity index is 3100. The van der Waals surface area contributed by atoms with Crippen molar-refractivity contribution in [3.8, 4) is 0 Å². The maximum absolute atomic E-state index is 15.2. The largest absolute Gasteiger partial charge is 0.451 e. The van der Waals surface area contributed by atoms with Gasteiger partial charge in [0, 0.05) is 53.4 Å². The van der Waals surface area contributed by atoms with Gasteiger partial charge in [-0.3, -0.25) is 38.6 Å². The molecule has 22 nitrogen and oxygen atoms in total. The highest BCUT2D eigenvalue weighted by atomic mass is 32.2. The van der Waals surface area contributed by atoms with Crippen LogP contribution in [0.5, 0.6) is 0 Å². The summed E-state index contributed by atoms with van der Waals surface area (Å²) < 4.78 is 24.4. The SMILES string of the molecule is CC(C)C[C@H]1C(=O)O[C@H](Cc2ccc(CN3C(=O)CSc4cccnc43)cc2)C(=O)N(C)[C@@H](CC(C)C)C(=O)O[C@H](C)C(=O)N(C)[C@@H](CC(C)C)C(=O)O[C@H](Cc2ccc(CN3C(=O)CSc4cccnc43)cc2)C(=O)N(C)[C@@H](CC(C)C)C(=O)O[C@H](C)C(=O)N1C. The van der Waals surface area contributed by atoms with Crippen LogP contribution in [0.4, 0.5) is 11.6 Å². The van der Waals surface area contributed by atoms with Crippen LogP contribution in [-0.2, 0) is 92.8 Å². The van der Waals surface area contributed by atoms with Crippen molar-refractivity contribution in [3.63, 3.8) is 0 Å². The summed E-state index contributed by atoms with van der Waals surface area (Å²) in [5.41, 5.74) is 2.58. The number of thioether (sulfide) groups is 2. The molecule has 0 spiro atoms. The minimum Gasteiger partial charge on any atom is -0.451 e. The van der Waals surface area contributed by atoms with E-state index in [9.17, 15) is 38.4 Å². The Balaban J connectivity index is 1.24. The lowest BCUT2D eigenvalue weighted by Gasteiger charge is -2.35. The maximum atomic E-state index is 15.2. The molecule has 2 aromatic heterocycles. The van der Waals surface area contributed by atoms with E-state index in [1.165, 1.54) is 65.6 Å². The lowest BCUT2D eigenvalue weighted by molar-refractivity contribution is -0.176. The van der Waals surface area contributed by atoms with Crippen molar-refractivity contribution in [1.82, 2.24) is 29.6 Å². The fourth-order valence-corrected chi connectivity index (χ4v) is 13.0. The molecule has 496 valence electrons. The van der Waals surface area contributed by atoms with Gasteiger partial charge in [-0.2, -0.15) is 0 Å². The van der Waals surface area contributed by atoms with E-state index in [0.717, 1.165) is 40.5 Å². The molecule has 92 heavy (non-hydrogen) atoms. The van der Waals surface area contributed by atoms with Gasteiger partial charge in [-0.25, -0.2) is 29.1 Å². The van der Waals surface area contributed by atoms with Crippen LogP contribution in [-0.4, -0.2) is 177 Å². The molecule has 4 aromatic rings. The Morgan fingerprint density at radius 2 is 0.696 bits per heavy atom. The molecule has 0 aliphatic carbocycles. The number of cyclic esters (lactones) is 4. The molecule has 2 aromatic carbocycles. The first kappa shape index (κ1) is 71.6. The average molecular weight is 1310 g/mol. The van der Waals surface area contributed by atoms with Crippen LogP contribution in [0.15, 0.2) is 95.0 Å². The van der Waals surface area contributed by atoms with Gasteiger partial charge in [0.25, 0.3) is 23.6 Å². The Morgan fingerprint density at radius 3 is 1.00 bits per heavy atom. The molecule has 6 amide bonds. The van der Waals surface area contributed by atoms with Crippen LogP contribution in [0.25, 0.3) is 0 Å². The molecule has 0 radical (unpaired) electrons. The molecular formula is C68H88N8O14S2. The summed E-state index contributed by atoms with van der Waals surface area (Å²) in [5.74, 6) is -6.59. The van der Waals surface area contributed by atoms with Crippen LogP contribution in [0.3, 0.4) is 0 Å². The van der Waals surface area contributed by atoms with Crippen molar-refractivity contribution >= 4 is 94.5 Å². The highest BCUT2D eigenvalue weighted by Crippen LogP contribution is 2.36. The van der Waals surface area contributed by atoms with E-state index in [-0.39, 0.29) is 98.6 Å². The van der Waals surface area contributed by atoms with Crippen LogP contribution in [0.1, 0.15) is 117 Å². The zero-order chi connectivity index (χ0) is 67.4. The van der Waals surface area contributed by atoms with Crippen LogP contribution in [0.2, 0.25) is 0 Å². The van der Waals surface area contributed by atoms with Crippen LogP contribution in [0, 0.1) is 23.7 Å². The summed E-state index contributed by atoms with van der Waals surface area (Å²) in [6.45, 7) is 17.8. The molecule has 5 heterocycles. The summed E-state index contributed by atoms with van der Waals surface area (Å²) in [5, 5.41) is 0. The van der Waals surface area contributed by atoms with E-state index in [0.29, 0.717) is 22.8 Å². The average Bonchev–Trinajstić information content (AvgIpc) is 0.855. The fraction of sp³-hybridized carbons (Fsp3) is 0.529. The molecule has 0 bridgehead atoms. The second-order valence-corrected chi connectivity index (χ2v) is 27.7. The summed E-state index contributed by atoms with van der Waals surface area (Å²) >= 11 is 2.82. The number of carbonyl (C=O) groups is 10. The highest BCUT2D eigenvalue weighted by Gasteiger charge is 2.43. The van der Waals surface area contributed by atoms with Gasteiger partial charge in [-0.15, -0.1) is 23.5 Å². The summed E-state index contributed by atoms with van der Waals surface area (Å²) in [6.07, 6.45) is -3.28. The smallest absolute Gasteiger partial charge is 0.329 e. The number of nitrogens with zero attached hydrogens (tertiary/aromatic N) is 8. The van der Waals surface area contributed by atoms with Crippen molar-refractivity contribution in [2.45, 2.75) is 179 Å². The number of rotatable bonds is 16. The topological polar surface area (TPSA) is 253 Å². The molecule has 0 saturated carbocycles. The van der Waals surface area contributed by atoms with Crippen molar-refractivity contribution in [1.29, 1.82) is 0 Å². The van der Waals surface area contributed by atoms with Gasteiger partial charge in [0.05, 0.1) is 34.4 Å². The van der Waals surface area contributed by atoms with Crippen LogP contribution < -0.4 is 9.80 Å². The number of fused-ring (bicyclic) bond motifs is 2. The molecule has 0 unspecified atom stereocenters. The Kier molecular flexibility index (Phi) is 25.0. The Labute approximate surface area is 548 Å². The van der Waals surface area contributed by atoms with E-state index < -0.39 is 96.1 Å². The first-order valence-corrected chi connectivity index (χ1v) is 33.3. The second kappa shape index (κ2) is 32.1. The summed E-state index contributed by atoms with van der Waals surface area (Å²) in [6, 6.07) is 16.2. The van der Waals surface area contributed by atoms with Gasteiger partial charge in [0.2, 0.25) is 11.8 Å². The molecule has 8 atom stereocenters. The van der Waals surface area contributed by atoms with E-state index in [1.807, 2.05) is 79.7 Å². The Morgan fingerprint density at radius 1 is 0.413 bits per heavy atom. The number of amides is 6. The predicted molar refractivity (Wildman–Crippen MR) is 348 cm³/mol. The number of hydrogen-bond acceptors (Lipinski definition) is 18. The molecule has 24 heteroatoms. The van der Waals surface area contributed by atoms with Gasteiger partial charge >= 0.3 is 23.9 Å². The molecule has 3 aliphatic heterocycles. The second-order valence-electron chi connectivity index (χ2n) is 25.6. The van der Waals surface area contributed by atoms with Gasteiger partial charge in [0.15, 0.2) is 24.4 Å². The maximum Gasteiger partial charge on any atom is 0.329 e. The first-order chi connectivity index (χ1) is 43.5. The monoisotopic (exact) mass is 1300 g/mol. The van der Waals surface area contributed by atoms with Crippen LogP contribution >= 0.6 is 23.5 Å². The van der Waals surface area contributed by atoms with Gasteiger partial charge in [-0.05, 0) is 110 Å². The van der Waals surface area contributed by atoms with E-state index in [2.05, 4.69) is 9.97 Å². The lowest BCUT2D eigenvalue weighted by atomic mass is 9.99. The number of pyridine rings is 2. The molecule has 7 rings (SSSR count). The standard InChI is InChI=1S/C68H88N8O14S2/c1-39(2)29-49-65(83)87-43(9)61(79)71(11)52(32-42(7)8)68(86)90-54(34-46-21-25-48(26-22-46)36-76-58(78)38-92-56-18-16-28-70-60(56)76)64(82)74(14)50(30-40(3)4)66(84)88-44(10)62(80)72(12)51(31-41(5)6)67(85)89-53(63(81)73(49)13)33-45-19-23-47(24-20-45)35-75-57(77)37-91-55-17-15-27-69-59(55)75/h15-28,39-44,49-54H,29-38H2,1-14H3/t43-,44-,49+,50+,51+,52+,53-,54-/m1/s1. The minimum absolute atomic E-state index is 0.0407. The quantitative estimate of drug-likeness (QED) is 0.0768. The molecule has 3 aliphatic rings. The number of likely N-dealkylation sites (N-methyl/N-ethyl adjacent to an activating group) is 4. The number of anilines is 2. The lowest BCUT2D eigenvalue weighted by Crippen LogP contribution is -2.55. The van der Waals surface area contributed by atoms with E-state index in [4.69, 9.17) is 18.9 Å². The normalized spacial score (nSPS) is 23.2. The number of aromatic nitrogens is 2. The van der Waals surface area contributed by atoms with Gasteiger partial charge in [-0.1, -0.05) is 104 Å². The number of carbonyl (C=O) groups excluding carboxylic acids is 10. The third-order valence-electron chi connectivity index (χ3n) is 16.4. The number of benzene rings is 2. The van der Waals surface area contributed by atoms with E-state index >= 15 is 9.59 Å². The van der Waals surface area contributed by atoms with Crippen molar-refractivity contribution in [3.05, 3.63) is 107 Å². The molecule has 1 fully saturated rings. The third-order valence-corrected chi connectivity index (χ3v) is 18.4. The summed E-state index contributed by atoms with van der Waals surface area (Å²) in [7, 11) is 5.48. The highest BCUT2D eigenvalue weighted by molar-refractivity contribution is 8.00. The van der Waals surface area contributed by atoms with Crippen molar-refractivity contribution in [2.24, 2.45) is 23.7 Å². The van der Waals surface area contributed by atoms with Crippen molar-refractivity contribution < 1.29 is 66.9 Å². The fourth-order valence-electron chi connectivity index (χ4n) is 11.2. The number of ether oxygens (including phenoxy) is 4. The molecule has 0 N–H and O–H groups in total. The van der Waals surface area contributed by atoms with E-state index in [1.54, 1.807) is 70.7 Å². The molecular weight excluding hydrogens is 1220 g/mol. The summed E-state index contributed by atoms with van der Waals surface area (Å²) in [4.78, 5) is 163.